The van der Waals surface area contributed by atoms with Crippen molar-refractivity contribution in [2.24, 2.45) is 0 Å². The summed E-state index contributed by atoms with van der Waals surface area (Å²) >= 11 is 0. The number of aryl methyl sites for hydroxylation is 2. The molecular formula is C24H30N6O3. The van der Waals surface area contributed by atoms with Crippen molar-refractivity contribution in [2.45, 2.75) is 45.3 Å². The lowest BCUT2D eigenvalue weighted by atomic mass is 9.91. The fraction of sp³-hybridized carbons (Fsp3) is 0.458. The third-order valence-corrected chi connectivity index (χ3v) is 6.27. The first kappa shape index (κ1) is 22.8. The monoisotopic (exact) mass is 450 g/mol. The smallest absolute Gasteiger partial charge is 0.347 e. The molecule has 4 rings (SSSR count). The minimum absolute atomic E-state index is 0.119. The molecule has 3 aromatic heterocycles. The van der Waals surface area contributed by atoms with Gasteiger partial charge in [0.25, 0.3) is 0 Å². The summed E-state index contributed by atoms with van der Waals surface area (Å²) in [7, 11) is 1.70. The van der Waals surface area contributed by atoms with Crippen LogP contribution in [0, 0.1) is 13.8 Å². The topological polar surface area (TPSA) is 104 Å². The lowest BCUT2D eigenvalue weighted by Crippen LogP contribution is -2.54. The van der Waals surface area contributed by atoms with Gasteiger partial charge in [-0.2, -0.15) is 4.98 Å². The van der Waals surface area contributed by atoms with E-state index in [2.05, 4.69) is 19.9 Å². The van der Waals surface area contributed by atoms with E-state index in [0.717, 1.165) is 35.2 Å². The molecule has 0 radical (unpaired) electrons. The fourth-order valence-corrected chi connectivity index (χ4v) is 4.67. The summed E-state index contributed by atoms with van der Waals surface area (Å²) in [5.74, 6) is -0.119. The molecule has 1 atom stereocenters. The first-order valence-electron chi connectivity index (χ1n) is 11.2. The summed E-state index contributed by atoms with van der Waals surface area (Å²) in [5, 5.41) is 12.3. The molecular weight excluding hydrogens is 420 g/mol. The molecule has 0 saturated carbocycles. The van der Waals surface area contributed by atoms with Crippen molar-refractivity contribution in [3.8, 4) is 0 Å². The largest absolute Gasteiger partial charge is 0.386 e. The van der Waals surface area contributed by atoms with Crippen LogP contribution >= 0.6 is 0 Å². The van der Waals surface area contributed by atoms with Gasteiger partial charge in [0.2, 0.25) is 5.91 Å². The van der Waals surface area contributed by atoms with Crippen LogP contribution in [-0.2, 0) is 11.3 Å². The quantitative estimate of drug-likeness (QED) is 0.609. The Morgan fingerprint density at radius 1 is 1.27 bits per heavy atom. The molecule has 0 aromatic carbocycles. The number of rotatable bonds is 6. The minimum Gasteiger partial charge on any atom is -0.386 e. The third kappa shape index (κ3) is 5.03. The van der Waals surface area contributed by atoms with Crippen molar-refractivity contribution in [1.29, 1.82) is 0 Å². The van der Waals surface area contributed by atoms with Gasteiger partial charge in [-0.3, -0.25) is 19.3 Å². The van der Waals surface area contributed by atoms with Gasteiger partial charge in [-0.1, -0.05) is 0 Å². The average molecular weight is 451 g/mol. The van der Waals surface area contributed by atoms with E-state index in [0.29, 0.717) is 18.7 Å². The average Bonchev–Trinajstić information content (AvgIpc) is 2.77. The van der Waals surface area contributed by atoms with Crippen molar-refractivity contribution in [2.75, 3.05) is 31.6 Å². The van der Waals surface area contributed by atoms with Crippen molar-refractivity contribution in [3.05, 3.63) is 58.7 Å². The highest BCUT2D eigenvalue weighted by Crippen LogP contribution is 2.31. The molecule has 0 aliphatic carbocycles. The van der Waals surface area contributed by atoms with Gasteiger partial charge in [0.15, 0.2) is 0 Å². The molecule has 1 saturated heterocycles. The highest BCUT2D eigenvalue weighted by atomic mass is 16.3. The second-order valence-electron chi connectivity index (χ2n) is 8.95. The van der Waals surface area contributed by atoms with Gasteiger partial charge in [0.05, 0.1) is 17.7 Å². The van der Waals surface area contributed by atoms with Crippen molar-refractivity contribution in [1.82, 2.24) is 24.4 Å². The molecule has 1 unspecified atom stereocenters. The van der Waals surface area contributed by atoms with Crippen LogP contribution in [0.4, 0.5) is 5.69 Å². The van der Waals surface area contributed by atoms with Crippen LogP contribution in [0.1, 0.15) is 30.7 Å². The van der Waals surface area contributed by atoms with Gasteiger partial charge >= 0.3 is 5.69 Å². The first-order valence-corrected chi connectivity index (χ1v) is 11.2. The summed E-state index contributed by atoms with van der Waals surface area (Å²) < 4.78 is 1.51. The maximum Gasteiger partial charge on any atom is 0.347 e. The van der Waals surface area contributed by atoms with Crippen LogP contribution in [0.25, 0.3) is 10.9 Å². The maximum absolute atomic E-state index is 12.8. The number of likely N-dealkylation sites (N-methyl/N-ethyl adjacent to an activating group) is 1. The van der Waals surface area contributed by atoms with E-state index in [1.807, 2.05) is 25.1 Å². The number of piperidine rings is 1. The SMILES string of the molecule is Cc1cc(C)n(CCC(=O)N(C)CC2(O)CCCN(c3ccnc4ccncc34)C2)c(=O)n1. The first-order chi connectivity index (χ1) is 15.8. The summed E-state index contributed by atoms with van der Waals surface area (Å²) in [6.45, 7) is 5.33. The van der Waals surface area contributed by atoms with Crippen molar-refractivity contribution < 1.29 is 9.90 Å². The number of nitrogens with zero attached hydrogens (tertiary/aromatic N) is 6. The molecule has 1 aliphatic heterocycles. The second kappa shape index (κ2) is 9.27. The number of β-amino-alcohol motifs (C(OH)–C–C–N with tert-alkyl or cyclic N) is 1. The Hall–Kier alpha value is -3.33. The van der Waals surface area contributed by atoms with E-state index < -0.39 is 5.60 Å². The second-order valence-corrected chi connectivity index (χ2v) is 8.95. The van der Waals surface area contributed by atoms with Crippen LogP contribution in [0.15, 0.2) is 41.6 Å². The molecule has 0 spiro atoms. The Morgan fingerprint density at radius 2 is 2.09 bits per heavy atom. The normalized spacial score (nSPS) is 18.5. The predicted octanol–water partition coefficient (Wildman–Crippen LogP) is 1.68. The number of aromatic nitrogens is 4. The van der Waals surface area contributed by atoms with Crippen LogP contribution < -0.4 is 10.6 Å². The van der Waals surface area contributed by atoms with E-state index in [-0.39, 0.29) is 31.1 Å². The van der Waals surface area contributed by atoms with E-state index >= 15 is 0 Å². The summed E-state index contributed by atoms with van der Waals surface area (Å²) in [5.41, 5.74) is 1.92. The highest BCUT2D eigenvalue weighted by molar-refractivity contribution is 5.90. The Morgan fingerprint density at radius 3 is 2.88 bits per heavy atom. The third-order valence-electron chi connectivity index (χ3n) is 6.27. The lowest BCUT2D eigenvalue weighted by molar-refractivity contribution is -0.133. The van der Waals surface area contributed by atoms with Crippen molar-refractivity contribution >= 4 is 22.5 Å². The Labute approximate surface area is 192 Å². The molecule has 0 bridgehead atoms. The zero-order chi connectivity index (χ0) is 23.6. The van der Waals surface area contributed by atoms with E-state index in [9.17, 15) is 14.7 Å². The standard InChI is InChI=1S/C24H30N6O3/c1-17-13-18(2)30(23(32)27-17)12-7-22(31)28(3)15-24(33)8-4-11-29(16-24)21-6-10-26-20-5-9-25-14-19(20)21/h5-6,9-10,13-14,33H,4,7-8,11-12,15-16H2,1-3H3. The van der Waals surface area contributed by atoms with Crippen LogP contribution in [0.5, 0.6) is 0 Å². The van der Waals surface area contributed by atoms with E-state index in [4.69, 9.17) is 0 Å². The van der Waals surface area contributed by atoms with Gasteiger partial charge in [-0.15, -0.1) is 0 Å². The lowest BCUT2D eigenvalue weighted by Gasteiger charge is -2.42. The predicted molar refractivity (Wildman–Crippen MR) is 126 cm³/mol. The molecule has 174 valence electrons. The van der Waals surface area contributed by atoms with Gasteiger partial charge in [0, 0.05) is 74.2 Å². The van der Waals surface area contributed by atoms with Crippen LogP contribution in [0.3, 0.4) is 0 Å². The Bertz CT molecular complexity index is 1220. The zero-order valence-corrected chi connectivity index (χ0v) is 19.4. The van der Waals surface area contributed by atoms with E-state index in [1.165, 1.54) is 4.57 Å². The molecule has 9 nitrogen and oxygen atoms in total. The number of aliphatic hydroxyl groups is 1. The Kier molecular flexibility index (Phi) is 6.42. The molecule has 1 fully saturated rings. The Balaban J connectivity index is 1.42. The molecule has 1 N–H and O–H groups in total. The number of hydrogen-bond donors (Lipinski definition) is 1. The molecule has 9 heteroatoms. The van der Waals surface area contributed by atoms with Crippen LogP contribution in [-0.4, -0.2) is 67.7 Å². The molecule has 3 aromatic rings. The number of pyridine rings is 2. The molecule has 33 heavy (non-hydrogen) atoms. The minimum atomic E-state index is -1.03. The summed E-state index contributed by atoms with van der Waals surface area (Å²) in [4.78, 5) is 41.2. The molecule has 1 amide bonds. The number of carbonyl (C=O) groups excluding carboxylic acids is 1. The van der Waals surface area contributed by atoms with Gasteiger partial charge in [-0.25, -0.2) is 4.79 Å². The van der Waals surface area contributed by atoms with Crippen LogP contribution in [0.2, 0.25) is 0 Å². The van der Waals surface area contributed by atoms with Gasteiger partial charge < -0.3 is 14.9 Å². The number of hydrogen-bond acceptors (Lipinski definition) is 7. The number of fused-ring (bicyclic) bond motifs is 1. The number of carbonyl (C=O) groups is 1. The van der Waals surface area contributed by atoms with E-state index in [1.54, 1.807) is 37.5 Å². The van der Waals surface area contributed by atoms with Crippen molar-refractivity contribution in [3.63, 3.8) is 0 Å². The molecule has 1 aliphatic rings. The van der Waals surface area contributed by atoms with Gasteiger partial charge in [-0.05, 0) is 44.9 Å². The summed E-state index contributed by atoms with van der Waals surface area (Å²) in [6.07, 6.45) is 6.88. The molecule has 4 heterocycles. The number of anilines is 1. The highest BCUT2D eigenvalue weighted by Gasteiger charge is 2.36. The summed E-state index contributed by atoms with van der Waals surface area (Å²) in [6, 6.07) is 5.64. The fourth-order valence-electron chi connectivity index (χ4n) is 4.67. The van der Waals surface area contributed by atoms with Gasteiger partial charge in [0.1, 0.15) is 0 Å². The maximum atomic E-state index is 12.8. The number of amides is 1. The zero-order valence-electron chi connectivity index (χ0n) is 19.4.